The number of hydrogen-bond donors (Lipinski definition) is 1. The summed E-state index contributed by atoms with van der Waals surface area (Å²) < 4.78 is 72.6. The fourth-order valence-electron chi connectivity index (χ4n) is 4.00. The average Bonchev–Trinajstić information content (AvgIpc) is 2.76. The monoisotopic (exact) mass is 542 g/mol. The number of nitrogens with zero attached hydrogens (tertiary/aromatic N) is 4. The van der Waals surface area contributed by atoms with Crippen molar-refractivity contribution in [2.75, 3.05) is 24.1 Å². The smallest absolute Gasteiger partial charge is 0.416 e. The lowest BCUT2D eigenvalue weighted by Crippen LogP contribution is -2.47. The van der Waals surface area contributed by atoms with Crippen molar-refractivity contribution in [3.05, 3.63) is 35.4 Å². The van der Waals surface area contributed by atoms with Crippen molar-refractivity contribution in [1.82, 2.24) is 15.1 Å². The molecule has 9 nitrogen and oxygen atoms in total. The molecule has 1 aromatic heterocycles. The Morgan fingerprint density at radius 1 is 1.22 bits per heavy atom. The highest BCUT2D eigenvalue weighted by molar-refractivity contribution is 7.92. The van der Waals surface area contributed by atoms with Crippen LogP contribution in [0.15, 0.2) is 24.3 Å². The number of sulfonamides is 1. The Bertz CT molecular complexity index is 1310. The number of aromatic nitrogens is 2. The minimum atomic E-state index is -4.65. The summed E-state index contributed by atoms with van der Waals surface area (Å²) in [5, 5.41) is 8.40. The van der Waals surface area contributed by atoms with Crippen molar-refractivity contribution in [3.8, 4) is 11.3 Å². The number of carbonyl (C=O) groups is 1. The van der Waals surface area contributed by atoms with Crippen molar-refractivity contribution in [2.45, 2.75) is 58.4 Å². The van der Waals surface area contributed by atoms with Crippen LogP contribution >= 0.6 is 0 Å². The van der Waals surface area contributed by atoms with Gasteiger partial charge in [0.2, 0.25) is 10.0 Å². The molecule has 202 valence electrons. The number of halogens is 3. The van der Waals surface area contributed by atoms with Crippen molar-refractivity contribution in [2.24, 2.45) is 0 Å². The predicted molar refractivity (Wildman–Crippen MR) is 134 cm³/mol. The van der Waals surface area contributed by atoms with Crippen LogP contribution in [0.25, 0.3) is 11.3 Å². The van der Waals surface area contributed by atoms with Gasteiger partial charge in [-0.05, 0) is 69.9 Å². The molecule has 0 radical (unpaired) electrons. The molecule has 2 heterocycles. The number of aryl methyl sites for hydroxylation is 1. The minimum Gasteiger partial charge on any atom is -0.444 e. The largest absolute Gasteiger partial charge is 0.444 e. The third-order valence-electron chi connectivity index (χ3n) is 5.64. The summed E-state index contributed by atoms with van der Waals surface area (Å²) in [5.41, 5.74) is -0.919. The summed E-state index contributed by atoms with van der Waals surface area (Å²) in [7, 11) is -3.87. The summed E-state index contributed by atoms with van der Waals surface area (Å²) in [6, 6.07) is 4.18. The summed E-state index contributed by atoms with van der Waals surface area (Å²) in [5.74, 6) is 0.435. The number of rotatable bonds is 5. The zero-order chi connectivity index (χ0) is 27.8. The number of nitrogens with one attached hydrogen (secondary N) is 1. The van der Waals surface area contributed by atoms with Gasteiger partial charge in [-0.2, -0.15) is 13.2 Å². The molecule has 1 aliphatic heterocycles. The Kier molecular flexibility index (Phi) is 7.87. The van der Waals surface area contributed by atoms with Gasteiger partial charge in [0, 0.05) is 17.7 Å². The van der Waals surface area contributed by atoms with Gasteiger partial charge in [-0.15, -0.1) is 0 Å². The van der Waals surface area contributed by atoms with Crippen molar-refractivity contribution < 1.29 is 35.7 Å². The van der Waals surface area contributed by atoms with E-state index in [1.807, 2.05) is 0 Å². The van der Waals surface area contributed by atoms with Gasteiger partial charge in [0.05, 0.1) is 35.9 Å². The van der Waals surface area contributed by atoms with E-state index in [-0.39, 0.29) is 23.0 Å². The van der Waals surface area contributed by atoms with Crippen LogP contribution in [0.3, 0.4) is 0 Å². The number of hydrogen-bond acceptors (Lipinski definition) is 6. The van der Waals surface area contributed by atoms with Crippen LogP contribution in [-0.4, -0.2) is 71.9 Å². The molecule has 1 saturated heterocycles. The van der Waals surface area contributed by atoms with Gasteiger partial charge in [-0.1, -0.05) is 0 Å². The van der Waals surface area contributed by atoms with E-state index >= 15 is 0 Å². The number of ether oxygens (including phenoxy) is 1. The average molecular weight is 543 g/mol. The zero-order valence-corrected chi connectivity index (χ0v) is 22.2. The second-order valence-corrected chi connectivity index (χ2v) is 11.8. The normalized spacial score (nSPS) is 16.9. The SMILES string of the molecule is C=[N+](c1nnc(-c2ccc(C(F)(F)F)cc2NS(C)(=O)=O)cc1C)[C@@H]1CCCN(C(=O)OC(C)(C)C)C1. The number of amides is 1. The summed E-state index contributed by atoms with van der Waals surface area (Å²) >= 11 is 0. The van der Waals surface area contributed by atoms with Crippen LogP contribution in [0.5, 0.6) is 0 Å². The third-order valence-corrected chi connectivity index (χ3v) is 6.23. The maximum atomic E-state index is 13.2. The molecule has 13 heteroatoms. The fourth-order valence-corrected chi connectivity index (χ4v) is 4.57. The first-order chi connectivity index (χ1) is 16.9. The zero-order valence-electron chi connectivity index (χ0n) is 21.4. The van der Waals surface area contributed by atoms with E-state index in [2.05, 4.69) is 21.6 Å². The van der Waals surface area contributed by atoms with E-state index in [1.165, 1.54) is 0 Å². The van der Waals surface area contributed by atoms with Crippen LogP contribution in [-0.2, 0) is 20.9 Å². The molecule has 37 heavy (non-hydrogen) atoms. The molecular weight excluding hydrogens is 511 g/mol. The second kappa shape index (κ2) is 10.3. The maximum absolute atomic E-state index is 13.2. The van der Waals surface area contributed by atoms with Crippen molar-refractivity contribution >= 4 is 34.3 Å². The van der Waals surface area contributed by atoms with Crippen LogP contribution in [0, 0.1) is 6.92 Å². The first-order valence-corrected chi connectivity index (χ1v) is 13.4. The molecule has 1 fully saturated rings. The van der Waals surface area contributed by atoms with E-state index in [9.17, 15) is 26.4 Å². The first kappa shape index (κ1) is 28.4. The predicted octanol–water partition coefficient (Wildman–Crippen LogP) is 4.59. The van der Waals surface area contributed by atoms with Crippen LogP contribution in [0.4, 0.5) is 29.5 Å². The standard InChI is InChI=1S/C24H31F3N5O4S/c1-15-12-19(18-10-9-16(24(25,26)27)13-20(18)30-37(6,34)35)28-29-21(15)31(5)17-8-7-11-32(14-17)22(33)36-23(2,3)4/h9-10,12-13,17,30H,5,7-8,11,14H2,1-4,6H3/q+1/t17-/m1/s1. The van der Waals surface area contributed by atoms with E-state index < -0.39 is 33.5 Å². The third kappa shape index (κ3) is 7.40. The molecule has 1 amide bonds. The molecule has 3 rings (SSSR count). The fraction of sp³-hybridized carbons (Fsp3) is 0.500. The number of piperidine rings is 1. The highest BCUT2D eigenvalue weighted by Crippen LogP contribution is 2.36. The minimum absolute atomic E-state index is 0.143. The molecule has 2 aromatic rings. The number of likely N-dealkylation sites (tertiary alicyclic amines) is 1. The van der Waals surface area contributed by atoms with Gasteiger partial charge >= 0.3 is 18.1 Å². The van der Waals surface area contributed by atoms with Crippen LogP contribution in [0.2, 0.25) is 0 Å². The van der Waals surface area contributed by atoms with Crippen LogP contribution < -0.4 is 4.72 Å². The topological polar surface area (TPSA) is 105 Å². The molecular formula is C24H31F3N5O4S+. The Morgan fingerprint density at radius 3 is 2.46 bits per heavy atom. The van der Waals surface area contributed by atoms with Crippen LogP contribution in [0.1, 0.15) is 44.7 Å². The summed E-state index contributed by atoms with van der Waals surface area (Å²) in [6.45, 7) is 12.2. The maximum Gasteiger partial charge on any atom is 0.416 e. The molecule has 0 aliphatic carbocycles. The van der Waals surface area contributed by atoms with Crippen molar-refractivity contribution in [3.63, 3.8) is 0 Å². The Labute approximate surface area is 214 Å². The summed E-state index contributed by atoms with van der Waals surface area (Å²) in [4.78, 5) is 14.1. The van der Waals surface area contributed by atoms with Gasteiger partial charge < -0.3 is 9.64 Å². The first-order valence-electron chi connectivity index (χ1n) is 11.6. The van der Waals surface area contributed by atoms with Gasteiger partial charge in [0.25, 0.3) is 0 Å². The number of carbonyl (C=O) groups excluding carboxylic acids is 1. The second-order valence-electron chi connectivity index (χ2n) is 10.1. The van der Waals surface area contributed by atoms with Gasteiger partial charge in [0.1, 0.15) is 17.3 Å². The van der Waals surface area contributed by atoms with E-state index in [0.29, 0.717) is 24.5 Å². The molecule has 0 bridgehead atoms. The molecule has 0 spiro atoms. The molecule has 0 unspecified atom stereocenters. The quantitative estimate of drug-likeness (QED) is 0.438. The Morgan fingerprint density at radius 2 is 1.89 bits per heavy atom. The van der Waals surface area contributed by atoms with Gasteiger partial charge in [-0.25, -0.2) is 17.8 Å². The van der Waals surface area contributed by atoms with E-state index in [0.717, 1.165) is 37.3 Å². The number of alkyl halides is 3. The highest BCUT2D eigenvalue weighted by Gasteiger charge is 2.34. The molecule has 1 aliphatic rings. The summed E-state index contributed by atoms with van der Waals surface area (Å²) in [6.07, 6.45) is -2.71. The van der Waals surface area contributed by atoms with E-state index in [4.69, 9.17) is 4.74 Å². The highest BCUT2D eigenvalue weighted by atomic mass is 32.2. The lowest BCUT2D eigenvalue weighted by Gasteiger charge is -2.33. The lowest BCUT2D eigenvalue weighted by atomic mass is 10.0. The molecule has 1 atom stereocenters. The van der Waals surface area contributed by atoms with Crippen molar-refractivity contribution in [1.29, 1.82) is 0 Å². The molecule has 1 aromatic carbocycles. The number of anilines is 1. The molecule has 0 saturated carbocycles. The Balaban J connectivity index is 1.88. The number of benzene rings is 1. The lowest BCUT2D eigenvalue weighted by molar-refractivity contribution is -0.485. The molecule has 1 N–H and O–H groups in total. The Hall–Kier alpha value is -3.22. The van der Waals surface area contributed by atoms with Gasteiger partial charge in [0.15, 0.2) is 0 Å². The van der Waals surface area contributed by atoms with Gasteiger partial charge in [-0.3, -0.25) is 4.72 Å². The van der Waals surface area contributed by atoms with E-state index in [1.54, 1.807) is 43.2 Å².